The van der Waals surface area contributed by atoms with Crippen LogP contribution in [0.25, 0.3) is 0 Å². The van der Waals surface area contributed by atoms with E-state index in [0.717, 1.165) is 43.1 Å². The lowest BCUT2D eigenvalue weighted by molar-refractivity contribution is -0.0837. The molecule has 1 fully saturated rings. The first-order valence-corrected chi connectivity index (χ1v) is 7.75. The van der Waals surface area contributed by atoms with Gasteiger partial charge < -0.3 is 10.5 Å². The third-order valence-corrected chi connectivity index (χ3v) is 4.27. The number of nitrogen functional groups attached to an aromatic ring is 1. The number of hydrogen-bond donors (Lipinski definition) is 1. The maximum absolute atomic E-state index is 6.11. The van der Waals surface area contributed by atoms with E-state index in [2.05, 4.69) is 25.8 Å². The molecule has 0 atom stereocenters. The fourth-order valence-corrected chi connectivity index (χ4v) is 2.92. The highest BCUT2D eigenvalue weighted by Crippen LogP contribution is 2.41. The average molecular weight is 277 g/mol. The van der Waals surface area contributed by atoms with Crippen molar-refractivity contribution in [1.82, 2.24) is 9.97 Å². The molecule has 0 bridgehead atoms. The van der Waals surface area contributed by atoms with Crippen molar-refractivity contribution >= 4 is 5.82 Å². The van der Waals surface area contributed by atoms with Gasteiger partial charge in [-0.25, -0.2) is 9.97 Å². The van der Waals surface area contributed by atoms with Gasteiger partial charge >= 0.3 is 0 Å². The first-order chi connectivity index (χ1) is 9.47. The van der Waals surface area contributed by atoms with E-state index in [1.54, 1.807) is 0 Å². The standard InChI is InChI=1S/C16H27N3O/c1-5-20-16(8-6-12(4)7-9-16)15-18-13(11(2)3)10-14(17)19-15/h10-12H,5-9H2,1-4H3,(H2,17,18,19). The van der Waals surface area contributed by atoms with Crippen LogP contribution in [0.3, 0.4) is 0 Å². The van der Waals surface area contributed by atoms with Gasteiger partial charge in [0, 0.05) is 18.4 Å². The van der Waals surface area contributed by atoms with Crippen LogP contribution >= 0.6 is 0 Å². The number of ether oxygens (including phenoxy) is 1. The van der Waals surface area contributed by atoms with Gasteiger partial charge in [0.15, 0.2) is 5.82 Å². The lowest BCUT2D eigenvalue weighted by Gasteiger charge is -2.38. The summed E-state index contributed by atoms with van der Waals surface area (Å²) in [6.45, 7) is 9.28. The molecule has 1 aromatic heterocycles. The Morgan fingerprint density at radius 2 is 2.00 bits per heavy atom. The molecule has 112 valence electrons. The van der Waals surface area contributed by atoms with Crippen LogP contribution in [0.15, 0.2) is 6.07 Å². The molecular weight excluding hydrogens is 250 g/mol. The van der Waals surface area contributed by atoms with Crippen molar-refractivity contribution in [1.29, 1.82) is 0 Å². The monoisotopic (exact) mass is 277 g/mol. The SMILES string of the molecule is CCOC1(c2nc(N)cc(C(C)C)n2)CCC(C)CC1. The predicted octanol–water partition coefficient (Wildman–Crippen LogP) is 3.62. The molecule has 0 aliphatic heterocycles. The fourth-order valence-electron chi connectivity index (χ4n) is 2.92. The summed E-state index contributed by atoms with van der Waals surface area (Å²) in [4.78, 5) is 9.25. The topological polar surface area (TPSA) is 61.0 Å². The van der Waals surface area contributed by atoms with Crippen LogP contribution in [0.2, 0.25) is 0 Å². The molecule has 1 saturated carbocycles. The van der Waals surface area contributed by atoms with Crippen LogP contribution in [0, 0.1) is 5.92 Å². The Labute approximate surface area is 122 Å². The lowest BCUT2D eigenvalue weighted by atomic mass is 9.78. The van der Waals surface area contributed by atoms with Gasteiger partial charge in [0.05, 0.1) is 0 Å². The van der Waals surface area contributed by atoms with Gasteiger partial charge in [-0.1, -0.05) is 20.8 Å². The Kier molecular flexibility index (Phi) is 4.63. The van der Waals surface area contributed by atoms with Gasteiger partial charge in [0.2, 0.25) is 0 Å². The quantitative estimate of drug-likeness (QED) is 0.913. The number of anilines is 1. The summed E-state index contributed by atoms with van der Waals surface area (Å²) >= 11 is 0. The Balaban J connectivity index is 2.38. The number of nitrogens with zero attached hydrogens (tertiary/aromatic N) is 2. The van der Waals surface area contributed by atoms with Crippen LogP contribution in [0.4, 0.5) is 5.82 Å². The third kappa shape index (κ3) is 3.11. The molecule has 1 heterocycles. The number of hydrogen-bond acceptors (Lipinski definition) is 4. The van der Waals surface area contributed by atoms with Gasteiger partial charge in [-0.3, -0.25) is 0 Å². The van der Waals surface area contributed by atoms with Crippen LogP contribution < -0.4 is 5.73 Å². The second-order valence-electron chi connectivity index (χ2n) is 6.31. The summed E-state index contributed by atoms with van der Waals surface area (Å²) in [5.41, 5.74) is 6.65. The van der Waals surface area contributed by atoms with E-state index in [0.29, 0.717) is 18.3 Å². The van der Waals surface area contributed by atoms with E-state index < -0.39 is 0 Å². The Hall–Kier alpha value is -1.16. The van der Waals surface area contributed by atoms with Gasteiger partial charge in [-0.05, 0) is 44.4 Å². The zero-order chi connectivity index (χ0) is 14.8. The number of aromatic nitrogens is 2. The van der Waals surface area contributed by atoms with Crippen LogP contribution in [-0.2, 0) is 10.3 Å². The van der Waals surface area contributed by atoms with E-state index in [1.807, 2.05) is 13.0 Å². The molecule has 1 aromatic rings. The zero-order valence-corrected chi connectivity index (χ0v) is 13.1. The molecule has 0 radical (unpaired) electrons. The molecule has 1 aliphatic rings. The molecule has 1 aliphatic carbocycles. The molecule has 4 nitrogen and oxygen atoms in total. The lowest BCUT2D eigenvalue weighted by Crippen LogP contribution is -2.36. The average Bonchev–Trinajstić information content (AvgIpc) is 2.41. The third-order valence-electron chi connectivity index (χ3n) is 4.27. The van der Waals surface area contributed by atoms with Crippen molar-refractivity contribution in [3.63, 3.8) is 0 Å². The van der Waals surface area contributed by atoms with Crippen LogP contribution in [0.1, 0.15) is 70.8 Å². The largest absolute Gasteiger partial charge is 0.384 e. The van der Waals surface area contributed by atoms with E-state index in [-0.39, 0.29) is 5.60 Å². The minimum atomic E-state index is -0.333. The highest BCUT2D eigenvalue weighted by molar-refractivity contribution is 5.32. The number of nitrogens with two attached hydrogens (primary N) is 1. The molecule has 2 N–H and O–H groups in total. The minimum absolute atomic E-state index is 0.333. The maximum atomic E-state index is 6.11. The summed E-state index contributed by atoms with van der Waals surface area (Å²) in [6, 6.07) is 1.87. The van der Waals surface area contributed by atoms with Crippen molar-refractivity contribution in [3.8, 4) is 0 Å². The van der Waals surface area contributed by atoms with Crippen molar-refractivity contribution < 1.29 is 4.74 Å². The van der Waals surface area contributed by atoms with E-state index in [4.69, 9.17) is 15.5 Å². The Morgan fingerprint density at radius 3 is 2.55 bits per heavy atom. The Bertz CT molecular complexity index is 451. The summed E-state index contributed by atoms with van der Waals surface area (Å²) < 4.78 is 6.11. The number of rotatable bonds is 4. The normalized spacial score (nSPS) is 26.9. The van der Waals surface area contributed by atoms with E-state index in [1.165, 1.54) is 0 Å². The van der Waals surface area contributed by atoms with Crippen LogP contribution in [-0.4, -0.2) is 16.6 Å². The van der Waals surface area contributed by atoms with Crippen molar-refractivity contribution in [2.45, 2.75) is 64.9 Å². The summed E-state index contributed by atoms with van der Waals surface area (Å²) in [5, 5.41) is 0. The van der Waals surface area contributed by atoms with E-state index in [9.17, 15) is 0 Å². The van der Waals surface area contributed by atoms with Crippen molar-refractivity contribution in [2.75, 3.05) is 12.3 Å². The van der Waals surface area contributed by atoms with Crippen molar-refractivity contribution in [3.05, 3.63) is 17.6 Å². The molecule has 0 aromatic carbocycles. The van der Waals surface area contributed by atoms with Gasteiger partial charge in [0.25, 0.3) is 0 Å². The van der Waals surface area contributed by atoms with E-state index >= 15 is 0 Å². The molecule has 0 unspecified atom stereocenters. The van der Waals surface area contributed by atoms with Gasteiger partial charge in [0.1, 0.15) is 11.4 Å². The highest BCUT2D eigenvalue weighted by Gasteiger charge is 2.39. The second kappa shape index (κ2) is 6.08. The highest BCUT2D eigenvalue weighted by atomic mass is 16.5. The maximum Gasteiger partial charge on any atom is 0.162 e. The summed E-state index contributed by atoms with van der Waals surface area (Å²) in [7, 11) is 0. The fraction of sp³-hybridized carbons (Fsp3) is 0.750. The molecule has 0 saturated heterocycles. The molecule has 4 heteroatoms. The first-order valence-electron chi connectivity index (χ1n) is 7.75. The smallest absolute Gasteiger partial charge is 0.162 e. The molecule has 0 amide bonds. The van der Waals surface area contributed by atoms with Crippen molar-refractivity contribution in [2.24, 2.45) is 5.92 Å². The predicted molar refractivity (Wildman–Crippen MR) is 81.5 cm³/mol. The van der Waals surface area contributed by atoms with Crippen LogP contribution in [0.5, 0.6) is 0 Å². The Morgan fingerprint density at radius 1 is 1.35 bits per heavy atom. The van der Waals surface area contributed by atoms with Gasteiger partial charge in [-0.2, -0.15) is 0 Å². The zero-order valence-electron chi connectivity index (χ0n) is 13.1. The summed E-state index contributed by atoms with van der Waals surface area (Å²) in [5.74, 6) is 2.45. The second-order valence-corrected chi connectivity index (χ2v) is 6.31. The molecule has 20 heavy (non-hydrogen) atoms. The molecule has 2 rings (SSSR count). The minimum Gasteiger partial charge on any atom is -0.384 e. The summed E-state index contributed by atoms with van der Waals surface area (Å²) in [6.07, 6.45) is 4.30. The van der Waals surface area contributed by atoms with Gasteiger partial charge in [-0.15, -0.1) is 0 Å². The molecular formula is C16H27N3O. The first kappa shape index (κ1) is 15.2. The molecule has 0 spiro atoms.